The molecule has 1 fully saturated rings. The van der Waals surface area contributed by atoms with Crippen molar-refractivity contribution in [3.8, 4) is 11.5 Å². The van der Waals surface area contributed by atoms with Gasteiger partial charge in [-0.05, 0) is 42.7 Å². The van der Waals surface area contributed by atoms with Crippen LogP contribution in [-0.4, -0.2) is 68.8 Å². The molecule has 0 aliphatic carbocycles. The van der Waals surface area contributed by atoms with Crippen molar-refractivity contribution in [1.29, 1.82) is 0 Å². The molecular formula is C30H36N2O6. The van der Waals surface area contributed by atoms with Gasteiger partial charge in [0.05, 0.1) is 43.9 Å². The molecule has 0 radical (unpaired) electrons. The quantitative estimate of drug-likeness (QED) is 0.341. The second-order valence-corrected chi connectivity index (χ2v) is 9.84. The van der Waals surface area contributed by atoms with Crippen LogP contribution >= 0.6 is 0 Å². The molecule has 2 aliphatic heterocycles. The number of amides is 1. The van der Waals surface area contributed by atoms with Gasteiger partial charge in [0, 0.05) is 26.2 Å². The summed E-state index contributed by atoms with van der Waals surface area (Å²) in [6.07, 6.45) is 3.97. The normalized spacial score (nSPS) is 17.7. The Morgan fingerprint density at radius 3 is 2.58 bits per heavy atom. The molecule has 202 valence electrons. The van der Waals surface area contributed by atoms with Crippen LogP contribution < -0.4 is 14.9 Å². The number of ether oxygens (including phenoxy) is 3. The van der Waals surface area contributed by atoms with Crippen molar-refractivity contribution < 1.29 is 23.4 Å². The highest BCUT2D eigenvalue weighted by Gasteiger charge is 2.42. The summed E-state index contributed by atoms with van der Waals surface area (Å²) in [7, 11) is 1.60. The van der Waals surface area contributed by atoms with Gasteiger partial charge in [0.15, 0.2) is 16.9 Å². The highest BCUT2D eigenvalue weighted by molar-refractivity contribution is 5.99. The first-order chi connectivity index (χ1) is 18.6. The van der Waals surface area contributed by atoms with Crippen LogP contribution in [0.25, 0.3) is 11.0 Å². The Labute approximate surface area is 223 Å². The van der Waals surface area contributed by atoms with Crippen molar-refractivity contribution in [2.75, 3.05) is 53.1 Å². The number of fused-ring (bicyclic) bond motifs is 2. The highest BCUT2D eigenvalue weighted by Crippen LogP contribution is 2.41. The number of carbonyl (C=O) groups is 1. The lowest BCUT2D eigenvalue weighted by Gasteiger charge is -2.29. The van der Waals surface area contributed by atoms with Crippen molar-refractivity contribution in [2.45, 2.75) is 38.6 Å². The summed E-state index contributed by atoms with van der Waals surface area (Å²) < 4.78 is 23.2. The second-order valence-electron chi connectivity index (χ2n) is 9.84. The Kier molecular flexibility index (Phi) is 8.29. The zero-order valence-electron chi connectivity index (χ0n) is 22.2. The summed E-state index contributed by atoms with van der Waals surface area (Å²) >= 11 is 0. The van der Waals surface area contributed by atoms with E-state index in [-0.39, 0.29) is 17.1 Å². The lowest BCUT2D eigenvalue weighted by atomic mass is 9.98. The van der Waals surface area contributed by atoms with Crippen molar-refractivity contribution in [2.24, 2.45) is 0 Å². The molecule has 8 heteroatoms. The fourth-order valence-corrected chi connectivity index (χ4v) is 5.34. The number of nitrogens with zero attached hydrogens (tertiary/aromatic N) is 2. The van der Waals surface area contributed by atoms with Crippen LogP contribution in [0.15, 0.2) is 51.7 Å². The molecule has 3 aromatic rings. The molecule has 2 aliphatic rings. The topological polar surface area (TPSA) is 81.5 Å². The van der Waals surface area contributed by atoms with Gasteiger partial charge in [0.25, 0.3) is 5.91 Å². The first-order valence-corrected chi connectivity index (χ1v) is 13.6. The van der Waals surface area contributed by atoms with Gasteiger partial charge in [-0.2, -0.15) is 0 Å². The number of morpholine rings is 1. The maximum Gasteiger partial charge on any atom is 0.290 e. The molecule has 38 heavy (non-hydrogen) atoms. The SMILES string of the molecule is CCCCCOc1ccc(C2c3c(oc4ccccc4c3=O)C(=O)N2CCCN2CCOCC2)cc1OC. The van der Waals surface area contributed by atoms with Crippen LogP contribution in [0.5, 0.6) is 11.5 Å². The molecule has 1 unspecified atom stereocenters. The lowest BCUT2D eigenvalue weighted by Crippen LogP contribution is -2.38. The van der Waals surface area contributed by atoms with E-state index in [0.29, 0.717) is 41.2 Å². The average Bonchev–Trinajstić information content (AvgIpc) is 3.23. The van der Waals surface area contributed by atoms with Gasteiger partial charge in [0.2, 0.25) is 5.76 Å². The van der Waals surface area contributed by atoms with Gasteiger partial charge >= 0.3 is 0 Å². The predicted octanol–water partition coefficient (Wildman–Crippen LogP) is 4.64. The molecule has 1 saturated heterocycles. The lowest BCUT2D eigenvalue weighted by molar-refractivity contribution is 0.0353. The summed E-state index contributed by atoms with van der Waals surface area (Å²) in [5, 5.41) is 0.474. The smallest absolute Gasteiger partial charge is 0.290 e. The van der Waals surface area contributed by atoms with Gasteiger partial charge in [-0.15, -0.1) is 0 Å². The molecule has 5 rings (SSSR count). The maximum absolute atomic E-state index is 13.7. The van der Waals surface area contributed by atoms with E-state index >= 15 is 0 Å². The predicted molar refractivity (Wildman–Crippen MR) is 145 cm³/mol. The first-order valence-electron chi connectivity index (χ1n) is 13.6. The standard InChI is InChI=1S/C30H36N2O6/c1-3-4-7-17-37-24-12-11-21(20-25(24)35-2)27-26-28(33)22-9-5-6-10-23(22)38-29(26)30(34)32(27)14-8-13-31-15-18-36-19-16-31/h5-6,9-12,20,27H,3-4,7-8,13-19H2,1-2H3. The molecular weight excluding hydrogens is 484 g/mol. The van der Waals surface area contributed by atoms with Crippen molar-refractivity contribution >= 4 is 16.9 Å². The highest BCUT2D eigenvalue weighted by atomic mass is 16.5. The minimum Gasteiger partial charge on any atom is -0.493 e. The summed E-state index contributed by atoms with van der Waals surface area (Å²) in [6, 6.07) is 12.2. The first kappa shape index (κ1) is 26.3. The van der Waals surface area contributed by atoms with E-state index in [1.54, 1.807) is 30.2 Å². The van der Waals surface area contributed by atoms with Crippen molar-refractivity contribution in [3.63, 3.8) is 0 Å². The number of rotatable bonds is 11. The minimum absolute atomic E-state index is 0.129. The molecule has 0 N–H and O–H groups in total. The summed E-state index contributed by atoms with van der Waals surface area (Å²) in [5.74, 6) is 1.11. The molecule has 3 heterocycles. The zero-order valence-corrected chi connectivity index (χ0v) is 22.2. The van der Waals surface area contributed by atoms with Crippen LogP contribution in [0.3, 0.4) is 0 Å². The van der Waals surface area contributed by atoms with E-state index in [0.717, 1.165) is 64.1 Å². The largest absolute Gasteiger partial charge is 0.493 e. The Morgan fingerprint density at radius 2 is 1.79 bits per heavy atom. The Hall–Kier alpha value is -3.36. The molecule has 1 atom stereocenters. The molecule has 0 bridgehead atoms. The minimum atomic E-state index is -0.564. The van der Waals surface area contributed by atoms with Gasteiger partial charge in [0.1, 0.15) is 5.58 Å². The molecule has 0 saturated carbocycles. The van der Waals surface area contributed by atoms with Crippen molar-refractivity contribution in [1.82, 2.24) is 9.80 Å². The van der Waals surface area contributed by atoms with E-state index in [1.807, 2.05) is 24.3 Å². The van der Waals surface area contributed by atoms with Crippen LogP contribution in [0.1, 0.15) is 60.3 Å². The monoisotopic (exact) mass is 520 g/mol. The number of carbonyl (C=O) groups excluding carboxylic acids is 1. The summed E-state index contributed by atoms with van der Waals surface area (Å²) in [6.45, 7) is 7.36. The fourth-order valence-electron chi connectivity index (χ4n) is 5.34. The average molecular weight is 521 g/mol. The van der Waals surface area contributed by atoms with E-state index in [2.05, 4.69) is 11.8 Å². The molecule has 1 aromatic heterocycles. The number of hydrogen-bond acceptors (Lipinski definition) is 7. The molecule has 2 aromatic carbocycles. The van der Waals surface area contributed by atoms with E-state index < -0.39 is 6.04 Å². The number of unbranched alkanes of at least 4 members (excludes halogenated alkanes) is 2. The van der Waals surface area contributed by atoms with Crippen LogP contribution in [0.4, 0.5) is 0 Å². The second kappa shape index (κ2) is 12.0. The van der Waals surface area contributed by atoms with Gasteiger partial charge in [-0.3, -0.25) is 14.5 Å². The Morgan fingerprint density at radius 1 is 0.974 bits per heavy atom. The van der Waals surface area contributed by atoms with Gasteiger partial charge in [-0.25, -0.2) is 0 Å². The molecule has 8 nitrogen and oxygen atoms in total. The van der Waals surface area contributed by atoms with E-state index in [1.165, 1.54) is 0 Å². The summed E-state index contributed by atoms with van der Waals surface area (Å²) in [5.41, 5.74) is 1.43. The van der Waals surface area contributed by atoms with E-state index in [9.17, 15) is 9.59 Å². The van der Waals surface area contributed by atoms with Gasteiger partial charge in [-0.1, -0.05) is 38.0 Å². The van der Waals surface area contributed by atoms with Crippen LogP contribution in [0.2, 0.25) is 0 Å². The third kappa shape index (κ3) is 5.28. The van der Waals surface area contributed by atoms with E-state index in [4.69, 9.17) is 18.6 Å². The molecule has 0 spiro atoms. The summed E-state index contributed by atoms with van der Waals surface area (Å²) in [4.78, 5) is 31.5. The van der Waals surface area contributed by atoms with Crippen molar-refractivity contribution in [3.05, 3.63) is 69.6 Å². The van der Waals surface area contributed by atoms with Crippen LogP contribution in [-0.2, 0) is 4.74 Å². The number of para-hydroxylation sites is 1. The number of benzene rings is 2. The fraction of sp³-hybridized carbons (Fsp3) is 0.467. The Balaban J connectivity index is 1.48. The third-order valence-electron chi connectivity index (χ3n) is 7.36. The molecule has 1 amide bonds. The van der Waals surface area contributed by atoms with Crippen LogP contribution in [0, 0.1) is 0 Å². The Bertz CT molecular complexity index is 1330. The number of hydrogen-bond donors (Lipinski definition) is 0. The van der Waals surface area contributed by atoms with Gasteiger partial charge < -0.3 is 23.5 Å². The zero-order chi connectivity index (χ0) is 26.5. The maximum atomic E-state index is 13.7. The number of methoxy groups -OCH3 is 1. The third-order valence-corrected chi connectivity index (χ3v) is 7.36.